The van der Waals surface area contributed by atoms with Crippen molar-refractivity contribution in [1.82, 2.24) is 0 Å². The number of aliphatic hydroxyl groups excluding tert-OH is 2. The van der Waals surface area contributed by atoms with Gasteiger partial charge >= 0.3 is 0 Å². The Morgan fingerprint density at radius 3 is 2.57 bits per heavy atom. The van der Waals surface area contributed by atoms with Gasteiger partial charge < -0.3 is 14.9 Å². The first-order valence-corrected chi connectivity index (χ1v) is 12.9. The van der Waals surface area contributed by atoms with Gasteiger partial charge in [0.2, 0.25) is 0 Å². The molecule has 5 aliphatic rings. The molecular formula is C27H44O3. The van der Waals surface area contributed by atoms with E-state index in [1.807, 2.05) is 0 Å². The first-order chi connectivity index (χ1) is 14.3. The summed E-state index contributed by atoms with van der Waals surface area (Å²) in [6, 6.07) is 0. The van der Waals surface area contributed by atoms with E-state index in [9.17, 15) is 10.2 Å². The van der Waals surface area contributed by atoms with Gasteiger partial charge in [-0.3, -0.25) is 0 Å². The zero-order chi connectivity index (χ0) is 21.3. The van der Waals surface area contributed by atoms with Gasteiger partial charge in [0, 0.05) is 18.9 Å². The lowest BCUT2D eigenvalue weighted by molar-refractivity contribution is -0.124. The van der Waals surface area contributed by atoms with Crippen LogP contribution < -0.4 is 0 Å². The molecule has 0 aromatic heterocycles. The maximum absolute atomic E-state index is 10.3. The molecule has 5 rings (SSSR count). The molecule has 0 spiro atoms. The van der Waals surface area contributed by atoms with Crippen molar-refractivity contribution in [2.24, 2.45) is 46.3 Å². The molecule has 4 aliphatic carbocycles. The highest BCUT2D eigenvalue weighted by atomic mass is 16.5. The Balaban J connectivity index is 1.36. The molecule has 0 saturated heterocycles. The number of hydrogen-bond donors (Lipinski definition) is 2. The molecule has 4 fully saturated rings. The topological polar surface area (TPSA) is 49.7 Å². The van der Waals surface area contributed by atoms with Crippen molar-refractivity contribution in [2.45, 2.75) is 104 Å². The van der Waals surface area contributed by atoms with E-state index in [1.165, 1.54) is 49.9 Å². The quantitative estimate of drug-likeness (QED) is 0.618. The second-order valence-electron chi connectivity index (χ2n) is 12.4. The summed E-state index contributed by atoms with van der Waals surface area (Å²) < 4.78 is 6.64. The minimum atomic E-state index is -0.0486. The number of aliphatic hydroxyl groups is 2. The van der Waals surface area contributed by atoms with E-state index in [0.717, 1.165) is 49.4 Å². The Morgan fingerprint density at radius 2 is 1.80 bits per heavy atom. The lowest BCUT2D eigenvalue weighted by atomic mass is 9.44. The third-order valence-electron chi connectivity index (χ3n) is 11.0. The molecule has 3 nitrogen and oxygen atoms in total. The second kappa shape index (κ2) is 7.51. The predicted molar refractivity (Wildman–Crippen MR) is 120 cm³/mol. The van der Waals surface area contributed by atoms with Crippen LogP contribution >= 0.6 is 0 Å². The molecule has 10 atom stereocenters. The minimum absolute atomic E-state index is 0.0486. The van der Waals surface area contributed by atoms with Crippen LogP contribution in [0.15, 0.2) is 11.3 Å². The molecule has 170 valence electrons. The van der Waals surface area contributed by atoms with E-state index in [0.29, 0.717) is 28.8 Å². The maximum atomic E-state index is 10.3. The molecule has 1 aliphatic heterocycles. The van der Waals surface area contributed by atoms with E-state index < -0.39 is 0 Å². The zero-order valence-corrected chi connectivity index (χ0v) is 19.7. The molecule has 0 radical (unpaired) electrons. The number of ether oxygens (including phenoxy) is 1. The molecule has 4 saturated carbocycles. The van der Waals surface area contributed by atoms with Crippen LogP contribution in [0.4, 0.5) is 0 Å². The summed E-state index contributed by atoms with van der Waals surface area (Å²) in [5, 5.41) is 19.7. The molecule has 2 N–H and O–H groups in total. The van der Waals surface area contributed by atoms with Gasteiger partial charge in [-0.25, -0.2) is 0 Å². The fourth-order valence-electron chi connectivity index (χ4n) is 9.29. The van der Waals surface area contributed by atoms with Crippen LogP contribution in [-0.2, 0) is 4.74 Å². The molecule has 0 bridgehead atoms. The van der Waals surface area contributed by atoms with Gasteiger partial charge in [0.25, 0.3) is 0 Å². The third-order valence-corrected chi connectivity index (χ3v) is 11.0. The van der Waals surface area contributed by atoms with Gasteiger partial charge in [-0.05, 0) is 111 Å². The van der Waals surface area contributed by atoms with E-state index in [1.54, 1.807) is 0 Å². The normalized spacial score (nSPS) is 50.9. The highest BCUT2D eigenvalue weighted by molar-refractivity contribution is 5.26. The Morgan fingerprint density at radius 1 is 1.03 bits per heavy atom. The molecular weight excluding hydrogens is 372 g/mol. The van der Waals surface area contributed by atoms with Crippen molar-refractivity contribution in [2.75, 3.05) is 6.61 Å². The summed E-state index contributed by atoms with van der Waals surface area (Å²) in [6.07, 6.45) is 12.4. The highest BCUT2D eigenvalue weighted by Gasteiger charge is 2.64. The summed E-state index contributed by atoms with van der Waals surface area (Å²) in [4.78, 5) is 0. The van der Waals surface area contributed by atoms with Gasteiger partial charge in [-0.15, -0.1) is 0 Å². The monoisotopic (exact) mass is 416 g/mol. The highest BCUT2D eigenvalue weighted by Crippen LogP contribution is 2.69. The molecule has 0 amide bonds. The van der Waals surface area contributed by atoms with Crippen molar-refractivity contribution in [3.63, 3.8) is 0 Å². The van der Waals surface area contributed by atoms with E-state index in [4.69, 9.17) is 4.74 Å². The van der Waals surface area contributed by atoms with E-state index in [2.05, 4.69) is 27.7 Å². The lowest BCUT2D eigenvalue weighted by Crippen LogP contribution is -2.54. The van der Waals surface area contributed by atoms with E-state index in [-0.39, 0.29) is 12.7 Å². The van der Waals surface area contributed by atoms with Crippen molar-refractivity contribution < 1.29 is 14.9 Å². The first-order valence-electron chi connectivity index (χ1n) is 12.9. The molecule has 30 heavy (non-hydrogen) atoms. The summed E-state index contributed by atoms with van der Waals surface area (Å²) in [5.74, 6) is 5.49. The van der Waals surface area contributed by atoms with Gasteiger partial charge in [0.1, 0.15) is 6.10 Å². The Labute approximate surface area is 183 Å². The average Bonchev–Trinajstić information content (AvgIpc) is 3.20. The molecule has 0 aromatic rings. The standard InChI is InChI=1S/C27H44O3/c1-16(15-28)5-8-23-17(2)25-24(30-23)14-22-20-7-6-18-13-19(29)9-11-26(18,3)21(20)10-12-27(22,25)4/h16,18-22,24-25,28-29H,5-15H2,1-4H3/t16?,18-,19+,20-,21+,22+,24+,25+,26+,27+/m1/s1. The maximum Gasteiger partial charge on any atom is 0.106 e. The van der Waals surface area contributed by atoms with E-state index >= 15 is 0 Å². The average molecular weight is 417 g/mol. The third kappa shape index (κ3) is 3.04. The lowest BCUT2D eigenvalue weighted by Gasteiger charge is -2.60. The number of fused-ring (bicyclic) bond motifs is 7. The van der Waals surface area contributed by atoms with Crippen molar-refractivity contribution >= 4 is 0 Å². The second-order valence-corrected chi connectivity index (χ2v) is 12.4. The summed E-state index contributed by atoms with van der Waals surface area (Å²) in [6.45, 7) is 9.94. The minimum Gasteiger partial charge on any atom is -0.494 e. The summed E-state index contributed by atoms with van der Waals surface area (Å²) in [5.41, 5.74) is 2.39. The number of rotatable bonds is 4. The van der Waals surface area contributed by atoms with Crippen LogP contribution in [0, 0.1) is 46.3 Å². The molecule has 3 heteroatoms. The zero-order valence-electron chi connectivity index (χ0n) is 19.7. The SMILES string of the molecule is CC1=C(CCC(C)CO)O[C@H]2C[C@H]3[C@@H]4CC[C@@H]5C[C@@H](O)CC[C@]5(C)[C@H]4CC[C@]3(C)[C@@H]12. The van der Waals surface area contributed by atoms with Gasteiger partial charge in [-0.2, -0.15) is 0 Å². The van der Waals surface area contributed by atoms with Gasteiger partial charge in [0.05, 0.1) is 11.9 Å². The predicted octanol–water partition coefficient (Wildman–Crippen LogP) is 5.70. The van der Waals surface area contributed by atoms with Crippen LogP contribution in [0.3, 0.4) is 0 Å². The van der Waals surface area contributed by atoms with Crippen molar-refractivity contribution in [3.8, 4) is 0 Å². The van der Waals surface area contributed by atoms with Gasteiger partial charge in [0.15, 0.2) is 0 Å². The first kappa shape index (κ1) is 21.3. The molecule has 0 aromatic carbocycles. The molecule has 1 unspecified atom stereocenters. The van der Waals surface area contributed by atoms with Crippen LogP contribution in [0.25, 0.3) is 0 Å². The fourth-order valence-corrected chi connectivity index (χ4v) is 9.29. The van der Waals surface area contributed by atoms with Crippen molar-refractivity contribution in [1.29, 1.82) is 0 Å². The Bertz CT molecular complexity index is 700. The number of hydrogen-bond acceptors (Lipinski definition) is 3. The fraction of sp³-hybridized carbons (Fsp3) is 0.926. The van der Waals surface area contributed by atoms with Crippen LogP contribution in [0.2, 0.25) is 0 Å². The van der Waals surface area contributed by atoms with Crippen LogP contribution in [-0.4, -0.2) is 29.0 Å². The van der Waals surface area contributed by atoms with Crippen LogP contribution in [0.5, 0.6) is 0 Å². The smallest absolute Gasteiger partial charge is 0.106 e. The summed E-state index contributed by atoms with van der Waals surface area (Å²) >= 11 is 0. The Kier molecular flexibility index (Phi) is 5.33. The van der Waals surface area contributed by atoms with Crippen molar-refractivity contribution in [3.05, 3.63) is 11.3 Å². The summed E-state index contributed by atoms with van der Waals surface area (Å²) in [7, 11) is 0. The number of allylic oxidation sites excluding steroid dienone is 1. The van der Waals surface area contributed by atoms with Crippen LogP contribution in [0.1, 0.15) is 91.9 Å². The van der Waals surface area contributed by atoms with Gasteiger partial charge in [-0.1, -0.05) is 20.8 Å². The Hall–Kier alpha value is -0.540. The molecule has 1 heterocycles. The largest absolute Gasteiger partial charge is 0.494 e.